The number of hydrogen-bond acceptors (Lipinski definition) is 2. The van der Waals surface area contributed by atoms with Crippen molar-refractivity contribution in [1.82, 2.24) is 14.4 Å². The van der Waals surface area contributed by atoms with Crippen molar-refractivity contribution < 1.29 is 0 Å². The Morgan fingerprint density at radius 3 is 2.69 bits per heavy atom. The third-order valence-electron chi connectivity index (χ3n) is 2.40. The van der Waals surface area contributed by atoms with Gasteiger partial charge in [0.25, 0.3) is 0 Å². The van der Waals surface area contributed by atoms with Crippen molar-refractivity contribution in [2.75, 3.05) is 0 Å². The molecule has 1 aromatic carbocycles. The first kappa shape index (κ1) is 9.36. The summed E-state index contributed by atoms with van der Waals surface area (Å²) >= 11 is 5.96. The molecule has 0 aliphatic rings. The average molecular weight is 230 g/mol. The molecule has 0 radical (unpaired) electrons. The normalized spacial score (nSPS) is 10.8. The lowest BCUT2D eigenvalue weighted by molar-refractivity contribution is 1.13. The van der Waals surface area contributed by atoms with Crippen LogP contribution in [0.3, 0.4) is 0 Å². The van der Waals surface area contributed by atoms with Gasteiger partial charge >= 0.3 is 0 Å². The zero-order valence-electron chi connectivity index (χ0n) is 8.34. The summed E-state index contributed by atoms with van der Waals surface area (Å²) in [6.07, 6.45) is 5.44. The maximum atomic E-state index is 5.96. The van der Waals surface area contributed by atoms with Crippen LogP contribution in [0.25, 0.3) is 16.9 Å². The highest BCUT2D eigenvalue weighted by atomic mass is 35.5. The van der Waals surface area contributed by atoms with E-state index in [1.807, 2.05) is 47.1 Å². The molecule has 0 spiro atoms. The van der Waals surface area contributed by atoms with Crippen molar-refractivity contribution in [2.24, 2.45) is 0 Å². The Hall–Kier alpha value is -1.87. The van der Waals surface area contributed by atoms with Crippen LogP contribution in [0.4, 0.5) is 0 Å². The molecule has 0 N–H and O–H groups in total. The van der Waals surface area contributed by atoms with E-state index in [-0.39, 0.29) is 0 Å². The molecule has 3 aromatic rings. The Morgan fingerprint density at radius 1 is 1.12 bits per heavy atom. The SMILES string of the molecule is Clc1nccn2cc(-c3ccccc3)nc12. The predicted octanol–water partition coefficient (Wildman–Crippen LogP) is 3.05. The minimum Gasteiger partial charge on any atom is -0.302 e. The number of fused-ring (bicyclic) bond motifs is 1. The molecule has 0 unspecified atom stereocenters. The number of nitrogens with zero attached hydrogens (tertiary/aromatic N) is 3. The smallest absolute Gasteiger partial charge is 0.175 e. The molecule has 0 amide bonds. The van der Waals surface area contributed by atoms with Gasteiger partial charge < -0.3 is 4.40 Å². The van der Waals surface area contributed by atoms with Crippen molar-refractivity contribution in [1.29, 1.82) is 0 Å². The fraction of sp³-hybridized carbons (Fsp3) is 0. The van der Waals surface area contributed by atoms with Gasteiger partial charge in [-0.3, -0.25) is 0 Å². The third kappa shape index (κ3) is 1.46. The van der Waals surface area contributed by atoms with Gasteiger partial charge in [-0.25, -0.2) is 9.97 Å². The zero-order chi connectivity index (χ0) is 11.0. The fourth-order valence-corrected chi connectivity index (χ4v) is 1.83. The minimum absolute atomic E-state index is 0.421. The van der Waals surface area contributed by atoms with Gasteiger partial charge in [-0.05, 0) is 0 Å². The molecule has 2 aromatic heterocycles. The Balaban J connectivity index is 2.23. The summed E-state index contributed by atoms with van der Waals surface area (Å²) in [6, 6.07) is 9.98. The van der Waals surface area contributed by atoms with Gasteiger partial charge in [0, 0.05) is 24.2 Å². The average Bonchev–Trinajstić information content (AvgIpc) is 2.76. The highest BCUT2D eigenvalue weighted by Gasteiger charge is 2.06. The third-order valence-corrected chi connectivity index (χ3v) is 2.67. The molecule has 0 aliphatic carbocycles. The Bertz CT molecular complexity index is 631. The van der Waals surface area contributed by atoms with E-state index < -0.39 is 0 Å². The van der Waals surface area contributed by atoms with Crippen molar-refractivity contribution >= 4 is 17.2 Å². The lowest BCUT2D eigenvalue weighted by Gasteiger charge is -1.92. The Labute approximate surface area is 97.3 Å². The number of aromatic nitrogens is 3. The van der Waals surface area contributed by atoms with Crippen LogP contribution in [0.15, 0.2) is 48.9 Å². The quantitative estimate of drug-likeness (QED) is 0.642. The zero-order valence-corrected chi connectivity index (χ0v) is 9.09. The van der Waals surface area contributed by atoms with E-state index >= 15 is 0 Å². The molecule has 3 rings (SSSR count). The van der Waals surface area contributed by atoms with Crippen LogP contribution in [0.1, 0.15) is 0 Å². The van der Waals surface area contributed by atoms with Crippen LogP contribution >= 0.6 is 11.6 Å². The summed E-state index contributed by atoms with van der Waals surface area (Å²) in [5, 5.41) is 0.421. The minimum atomic E-state index is 0.421. The Kier molecular flexibility index (Phi) is 2.11. The van der Waals surface area contributed by atoms with E-state index in [4.69, 9.17) is 11.6 Å². The van der Waals surface area contributed by atoms with Gasteiger partial charge in [-0.1, -0.05) is 41.9 Å². The monoisotopic (exact) mass is 229 g/mol. The van der Waals surface area contributed by atoms with E-state index in [0.29, 0.717) is 10.8 Å². The topological polar surface area (TPSA) is 30.2 Å². The lowest BCUT2D eigenvalue weighted by atomic mass is 10.2. The summed E-state index contributed by atoms with van der Waals surface area (Å²) in [4.78, 5) is 8.45. The van der Waals surface area contributed by atoms with Gasteiger partial charge in [-0.2, -0.15) is 0 Å². The van der Waals surface area contributed by atoms with Gasteiger partial charge in [0.1, 0.15) is 0 Å². The van der Waals surface area contributed by atoms with E-state index in [1.165, 1.54) is 0 Å². The van der Waals surface area contributed by atoms with Gasteiger partial charge in [0.05, 0.1) is 5.69 Å². The number of benzene rings is 1. The first-order valence-electron chi connectivity index (χ1n) is 4.89. The maximum Gasteiger partial charge on any atom is 0.175 e. The second-order valence-electron chi connectivity index (χ2n) is 3.44. The molecule has 16 heavy (non-hydrogen) atoms. The first-order valence-corrected chi connectivity index (χ1v) is 5.27. The summed E-state index contributed by atoms with van der Waals surface area (Å²) in [5.41, 5.74) is 2.65. The van der Waals surface area contributed by atoms with Crippen LogP contribution < -0.4 is 0 Å². The molecule has 0 fully saturated rings. The van der Waals surface area contributed by atoms with Crippen molar-refractivity contribution in [3.05, 3.63) is 54.1 Å². The van der Waals surface area contributed by atoms with E-state index in [0.717, 1.165) is 11.3 Å². The van der Waals surface area contributed by atoms with Crippen LogP contribution in [0.5, 0.6) is 0 Å². The molecule has 78 valence electrons. The summed E-state index contributed by atoms with van der Waals surface area (Å²) in [6.45, 7) is 0. The molecule has 0 atom stereocenters. The first-order chi connectivity index (χ1) is 7.84. The summed E-state index contributed by atoms with van der Waals surface area (Å²) < 4.78 is 1.87. The number of hydrogen-bond donors (Lipinski definition) is 0. The van der Waals surface area contributed by atoms with E-state index in [2.05, 4.69) is 9.97 Å². The van der Waals surface area contributed by atoms with Crippen LogP contribution in [-0.2, 0) is 0 Å². The van der Waals surface area contributed by atoms with Gasteiger partial charge in [-0.15, -0.1) is 0 Å². The summed E-state index contributed by atoms with van der Waals surface area (Å²) in [7, 11) is 0. The van der Waals surface area contributed by atoms with Crippen LogP contribution in [-0.4, -0.2) is 14.4 Å². The molecule has 4 heteroatoms. The predicted molar refractivity (Wildman–Crippen MR) is 63.4 cm³/mol. The second kappa shape index (κ2) is 3.61. The largest absolute Gasteiger partial charge is 0.302 e. The molecular formula is C12H8ClN3. The van der Waals surface area contributed by atoms with Crippen LogP contribution in [0.2, 0.25) is 5.15 Å². The Morgan fingerprint density at radius 2 is 1.94 bits per heavy atom. The highest BCUT2D eigenvalue weighted by Crippen LogP contribution is 2.21. The number of rotatable bonds is 1. The van der Waals surface area contributed by atoms with Crippen molar-refractivity contribution in [3.63, 3.8) is 0 Å². The van der Waals surface area contributed by atoms with Crippen molar-refractivity contribution in [3.8, 4) is 11.3 Å². The number of halogens is 1. The second-order valence-corrected chi connectivity index (χ2v) is 3.80. The van der Waals surface area contributed by atoms with E-state index in [9.17, 15) is 0 Å². The molecule has 0 saturated carbocycles. The fourth-order valence-electron chi connectivity index (χ4n) is 1.64. The standard InChI is InChI=1S/C12H8ClN3/c13-11-12-15-10(8-16(12)7-6-14-11)9-4-2-1-3-5-9/h1-8H. The lowest BCUT2D eigenvalue weighted by Crippen LogP contribution is -1.84. The molecular weight excluding hydrogens is 222 g/mol. The molecule has 0 bridgehead atoms. The highest BCUT2D eigenvalue weighted by molar-refractivity contribution is 6.32. The molecule has 0 aliphatic heterocycles. The van der Waals surface area contributed by atoms with Crippen molar-refractivity contribution in [2.45, 2.75) is 0 Å². The van der Waals surface area contributed by atoms with Crippen LogP contribution in [0, 0.1) is 0 Å². The van der Waals surface area contributed by atoms with Gasteiger partial charge in [0.15, 0.2) is 10.8 Å². The summed E-state index contributed by atoms with van der Waals surface area (Å²) in [5.74, 6) is 0. The molecule has 0 saturated heterocycles. The number of imidazole rings is 1. The van der Waals surface area contributed by atoms with E-state index in [1.54, 1.807) is 6.20 Å². The molecule has 2 heterocycles. The molecule has 3 nitrogen and oxygen atoms in total. The van der Waals surface area contributed by atoms with Gasteiger partial charge in [0.2, 0.25) is 0 Å². The maximum absolute atomic E-state index is 5.96.